The molecule has 17 heavy (non-hydrogen) atoms. The van der Waals surface area contributed by atoms with Crippen molar-refractivity contribution in [3.63, 3.8) is 0 Å². The van der Waals surface area contributed by atoms with Gasteiger partial charge in [-0.05, 0) is 35.6 Å². The van der Waals surface area contributed by atoms with Crippen molar-refractivity contribution < 1.29 is 0 Å². The normalized spacial score (nSPS) is 18.3. The lowest BCUT2D eigenvalue weighted by Crippen LogP contribution is -2.20. The highest BCUT2D eigenvalue weighted by atomic mass is 32.2. The lowest BCUT2D eigenvalue weighted by Gasteiger charge is -2.12. The van der Waals surface area contributed by atoms with Crippen LogP contribution in [0.5, 0.6) is 0 Å². The minimum absolute atomic E-state index is 0.512. The molecule has 2 aromatic rings. The summed E-state index contributed by atoms with van der Waals surface area (Å²) >= 11 is 3.80. The molecular weight excluding hydrogens is 246 g/mol. The Balaban J connectivity index is 1.70. The molecule has 0 amide bonds. The largest absolute Gasteiger partial charge is 0.304 e. The van der Waals surface area contributed by atoms with Crippen LogP contribution >= 0.6 is 23.1 Å². The molecule has 0 radical (unpaired) electrons. The lowest BCUT2D eigenvalue weighted by molar-refractivity contribution is 0.587. The molecule has 0 spiro atoms. The van der Waals surface area contributed by atoms with Crippen LogP contribution in [0.1, 0.15) is 22.0 Å². The fraction of sp³-hybridized carbons (Fsp3) is 0.286. The van der Waals surface area contributed by atoms with Gasteiger partial charge in [0.25, 0.3) is 0 Å². The number of benzene rings is 1. The Hall–Kier alpha value is -0.770. The van der Waals surface area contributed by atoms with E-state index in [4.69, 9.17) is 0 Å². The van der Waals surface area contributed by atoms with Gasteiger partial charge >= 0.3 is 0 Å². The van der Waals surface area contributed by atoms with Crippen molar-refractivity contribution >= 4 is 23.1 Å². The van der Waals surface area contributed by atoms with Gasteiger partial charge in [0.05, 0.1) is 0 Å². The average molecular weight is 261 g/mol. The first-order valence-corrected chi connectivity index (χ1v) is 7.69. The Morgan fingerprint density at radius 2 is 2.18 bits per heavy atom. The van der Waals surface area contributed by atoms with E-state index in [2.05, 4.69) is 48.0 Å². The van der Waals surface area contributed by atoms with Crippen LogP contribution in [0.2, 0.25) is 0 Å². The second-order valence-electron chi connectivity index (χ2n) is 4.31. The van der Waals surface area contributed by atoms with Crippen molar-refractivity contribution in [1.82, 2.24) is 5.32 Å². The van der Waals surface area contributed by atoms with Crippen molar-refractivity contribution in [1.29, 1.82) is 0 Å². The summed E-state index contributed by atoms with van der Waals surface area (Å²) in [4.78, 5) is 2.90. The summed E-state index contributed by atoms with van der Waals surface area (Å²) < 4.78 is 0. The van der Waals surface area contributed by atoms with Gasteiger partial charge in [-0.1, -0.05) is 18.2 Å². The number of thiophene rings is 1. The zero-order valence-corrected chi connectivity index (χ0v) is 11.4. The molecule has 0 bridgehead atoms. The third-order valence-corrected chi connectivity index (χ3v) is 5.38. The summed E-state index contributed by atoms with van der Waals surface area (Å²) in [5.74, 6) is 1.16. The molecule has 1 nitrogen and oxygen atoms in total. The van der Waals surface area contributed by atoms with Crippen molar-refractivity contribution in [3.05, 3.63) is 51.7 Å². The van der Waals surface area contributed by atoms with E-state index in [-0.39, 0.29) is 0 Å². The standard InChI is InChI=1S/C14H15NS2/c1-10-6-7-16-14(10)8-15-12-9-17-13-5-3-2-4-11(12)13/h2-7,12,15H,8-9H2,1H3. The molecule has 1 aliphatic rings. The average Bonchev–Trinajstić information content (AvgIpc) is 2.93. The highest BCUT2D eigenvalue weighted by molar-refractivity contribution is 7.99. The molecule has 3 rings (SSSR count). The van der Waals surface area contributed by atoms with Crippen LogP contribution < -0.4 is 5.32 Å². The number of fused-ring (bicyclic) bond motifs is 1. The molecule has 1 aromatic carbocycles. The van der Waals surface area contributed by atoms with Gasteiger partial charge in [0.2, 0.25) is 0 Å². The number of aryl methyl sites for hydroxylation is 1. The lowest BCUT2D eigenvalue weighted by atomic mass is 10.1. The number of nitrogens with one attached hydrogen (secondary N) is 1. The SMILES string of the molecule is Cc1ccsc1CNC1CSc2ccccc21. The number of hydrogen-bond donors (Lipinski definition) is 1. The van der Waals surface area contributed by atoms with Crippen LogP contribution in [0, 0.1) is 6.92 Å². The maximum absolute atomic E-state index is 3.67. The molecular formula is C14H15NS2. The molecule has 0 fully saturated rings. The Labute approximate surface area is 110 Å². The topological polar surface area (TPSA) is 12.0 Å². The Kier molecular flexibility index (Phi) is 3.23. The zero-order chi connectivity index (χ0) is 11.7. The van der Waals surface area contributed by atoms with Gasteiger partial charge in [-0.15, -0.1) is 23.1 Å². The molecule has 1 aromatic heterocycles. The van der Waals surface area contributed by atoms with E-state index in [1.54, 1.807) is 0 Å². The Morgan fingerprint density at radius 3 is 3.00 bits per heavy atom. The summed E-state index contributed by atoms with van der Waals surface area (Å²) in [6, 6.07) is 11.4. The summed E-state index contributed by atoms with van der Waals surface area (Å²) in [5, 5.41) is 5.84. The second-order valence-corrected chi connectivity index (χ2v) is 6.37. The number of hydrogen-bond acceptors (Lipinski definition) is 3. The van der Waals surface area contributed by atoms with E-state index >= 15 is 0 Å². The quantitative estimate of drug-likeness (QED) is 0.896. The molecule has 1 N–H and O–H groups in total. The van der Waals surface area contributed by atoms with Crippen LogP contribution in [-0.4, -0.2) is 5.75 Å². The highest BCUT2D eigenvalue weighted by Crippen LogP contribution is 2.37. The molecule has 1 aliphatic heterocycles. The van der Waals surface area contributed by atoms with Gasteiger partial charge < -0.3 is 5.32 Å². The predicted molar refractivity (Wildman–Crippen MR) is 75.8 cm³/mol. The summed E-state index contributed by atoms with van der Waals surface area (Å²) in [6.07, 6.45) is 0. The van der Waals surface area contributed by atoms with Crippen molar-refractivity contribution in [2.75, 3.05) is 5.75 Å². The molecule has 2 heterocycles. The van der Waals surface area contributed by atoms with Crippen LogP contribution in [0.15, 0.2) is 40.6 Å². The maximum Gasteiger partial charge on any atom is 0.0429 e. The van der Waals surface area contributed by atoms with E-state index in [1.807, 2.05) is 23.1 Å². The van der Waals surface area contributed by atoms with Crippen LogP contribution in [0.3, 0.4) is 0 Å². The van der Waals surface area contributed by atoms with E-state index in [9.17, 15) is 0 Å². The first kappa shape index (κ1) is 11.3. The summed E-state index contributed by atoms with van der Waals surface area (Å²) in [6.45, 7) is 3.17. The minimum atomic E-state index is 0.512. The molecule has 1 atom stereocenters. The van der Waals surface area contributed by atoms with Gasteiger partial charge in [0, 0.05) is 28.1 Å². The Morgan fingerprint density at radius 1 is 1.29 bits per heavy atom. The molecule has 3 heteroatoms. The van der Waals surface area contributed by atoms with E-state index in [1.165, 1.54) is 20.9 Å². The smallest absolute Gasteiger partial charge is 0.0429 e. The fourth-order valence-electron chi connectivity index (χ4n) is 2.13. The third-order valence-electron chi connectivity index (χ3n) is 3.18. The number of rotatable bonds is 3. The van der Waals surface area contributed by atoms with E-state index in [0.29, 0.717) is 6.04 Å². The van der Waals surface area contributed by atoms with Crippen molar-refractivity contribution in [2.45, 2.75) is 24.4 Å². The van der Waals surface area contributed by atoms with Gasteiger partial charge in [-0.3, -0.25) is 0 Å². The van der Waals surface area contributed by atoms with Gasteiger partial charge in [-0.2, -0.15) is 0 Å². The van der Waals surface area contributed by atoms with Crippen molar-refractivity contribution in [3.8, 4) is 0 Å². The Bertz CT molecular complexity index is 518. The summed E-state index contributed by atoms with van der Waals surface area (Å²) in [5.41, 5.74) is 2.87. The molecule has 1 unspecified atom stereocenters. The maximum atomic E-state index is 3.67. The van der Waals surface area contributed by atoms with Gasteiger partial charge in [0.15, 0.2) is 0 Å². The predicted octanol–water partition coefficient (Wildman–Crippen LogP) is 3.99. The molecule has 88 valence electrons. The molecule has 0 saturated carbocycles. The monoisotopic (exact) mass is 261 g/mol. The van der Waals surface area contributed by atoms with Crippen LogP contribution in [0.25, 0.3) is 0 Å². The molecule has 0 saturated heterocycles. The number of thioether (sulfide) groups is 1. The van der Waals surface area contributed by atoms with E-state index < -0.39 is 0 Å². The zero-order valence-electron chi connectivity index (χ0n) is 9.77. The second kappa shape index (κ2) is 4.84. The van der Waals surface area contributed by atoms with Gasteiger partial charge in [0.1, 0.15) is 0 Å². The minimum Gasteiger partial charge on any atom is -0.304 e. The third kappa shape index (κ3) is 2.28. The van der Waals surface area contributed by atoms with Crippen molar-refractivity contribution in [2.24, 2.45) is 0 Å². The highest BCUT2D eigenvalue weighted by Gasteiger charge is 2.21. The van der Waals surface area contributed by atoms with Crippen LogP contribution in [-0.2, 0) is 6.54 Å². The van der Waals surface area contributed by atoms with Gasteiger partial charge in [-0.25, -0.2) is 0 Å². The first-order chi connectivity index (χ1) is 8.34. The van der Waals surface area contributed by atoms with Crippen LogP contribution in [0.4, 0.5) is 0 Å². The summed E-state index contributed by atoms with van der Waals surface area (Å²) in [7, 11) is 0. The molecule has 0 aliphatic carbocycles. The van der Waals surface area contributed by atoms with E-state index in [0.717, 1.165) is 12.3 Å². The fourth-order valence-corrected chi connectivity index (χ4v) is 4.19. The first-order valence-electron chi connectivity index (χ1n) is 5.82.